The molecule has 3 saturated heterocycles. The number of aliphatic hydroxyl groups is 12. The third-order valence-electron chi connectivity index (χ3n) is 19.4. The van der Waals surface area contributed by atoms with Gasteiger partial charge in [0.25, 0.3) is 0 Å². The van der Waals surface area contributed by atoms with Gasteiger partial charge in [0.05, 0.1) is 57.3 Å². The quantitative estimate of drug-likeness (QED) is 0.0841. The van der Waals surface area contributed by atoms with Gasteiger partial charge in [-0.25, -0.2) is 0 Å². The maximum absolute atomic E-state index is 15.6. The second-order valence-electron chi connectivity index (χ2n) is 24.2. The summed E-state index contributed by atoms with van der Waals surface area (Å²) >= 11 is 0. The van der Waals surface area contributed by atoms with Gasteiger partial charge < -0.3 is 94.4 Å². The van der Waals surface area contributed by atoms with E-state index in [0.29, 0.717) is 32.1 Å². The fraction of sp³-hybridized carbons (Fsp3) is 0.920. The van der Waals surface area contributed by atoms with Crippen LogP contribution < -0.4 is 0 Å². The first kappa shape index (κ1) is 55.2. The minimum Gasteiger partial charge on any atom is -0.457 e. The zero-order chi connectivity index (χ0) is 52.1. The predicted octanol–water partition coefficient (Wildman–Crippen LogP) is -1.35. The molecule has 5 aliphatic carbocycles. The lowest BCUT2D eigenvalue weighted by molar-refractivity contribution is -0.371. The fourth-order valence-electron chi connectivity index (χ4n) is 15.2. The first-order valence-electron chi connectivity index (χ1n) is 25.5. The number of allylic oxidation sites excluding steroid dienone is 2. The number of fused-ring (bicyclic) bond motifs is 7. The second kappa shape index (κ2) is 19.9. The summed E-state index contributed by atoms with van der Waals surface area (Å²) in [7, 11) is 0. The SMILES string of the molecule is CC(O)CC(=O)OC1COC(OC2C(OC3CC4(C)C(=CCC5C6(C)CC(O)C(O)C(C)(CO)C6CCC54C)C4CC(C)(C)CCC34C(=O)OC3OCC(O)C(O)C3O)OC(CO)C(O)C2O)C(O)C1O. The lowest BCUT2D eigenvalue weighted by Gasteiger charge is -2.72. The molecule has 0 bridgehead atoms. The molecule has 8 aliphatic rings. The Morgan fingerprint density at radius 3 is 2.07 bits per heavy atom. The van der Waals surface area contributed by atoms with E-state index < -0.39 is 175 Å². The van der Waals surface area contributed by atoms with Crippen molar-refractivity contribution in [1.29, 1.82) is 0 Å². The molecule has 21 nitrogen and oxygen atoms in total. The van der Waals surface area contributed by atoms with Gasteiger partial charge in [0.2, 0.25) is 6.29 Å². The van der Waals surface area contributed by atoms with E-state index in [1.54, 1.807) is 0 Å². The van der Waals surface area contributed by atoms with Crippen LogP contribution >= 0.6 is 0 Å². The molecule has 406 valence electrons. The van der Waals surface area contributed by atoms with Crippen molar-refractivity contribution in [3.63, 3.8) is 0 Å². The molecule has 3 heterocycles. The number of hydrogen-bond acceptors (Lipinski definition) is 21. The number of hydrogen-bond donors (Lipinski definition) is 12. The monoisotopic (exact) mass is 1020 g/mol. The van der Waals surface area contributed by atoms with Crippen molar-refractivity contribution in [3.8, 4) is 0 Å². The van der Waals surface area contributed by atoms with Gasteiger partial charge in [0.1, 0.15) is 60.4 Å². The second-order valence-corrected chi connectivity index (χ2v) is 24.2. The van der Waals surface area contributed by atoms with Crippen molar-refractivity contribution in [1.82, 2.24) is 0 Å². The van der Waals surface area contributed by atoms with Crippen LogP contribution in [0.4, 0.5) is 0 Å². The average Bonchev–Trinajstić information content (AvgIpc) is 3.30. The van der Waals surface area contributed by atoms with Crippen molar-refractivity contribution in [3.05, 3.63) is 11.6 Å². The number of esters is 2. The Morgan fingerprint density at radius 1 is 0.732 bits per heavy atom. The Kier molecular flexibility index (Phi) is 15.4. The van der Waals surface area contributed by atoms with Crippen LogP contribution in [0.1, 0.15) is 106 Å². The third kappa shape index (κ3) is 9.04. The minimum atomic E-state index is -1.92. The van der Waals surface area contributed by atoms with Crippen LogP contribution in [0.25, 0.3) is 0 Å². The van der Waals surface area contributed by atoms with Crippen LogP contribution in [-0.4, -0.2) is 204 Å². The summed E-state index contributed by atoms with van der Waals surface area (Å²) in [5, 5.41) is 132. The van der Waals surface area contributed by atoms with Crippen molar-refractivity contribution < 1.29 is 104 Å². The minimum absolute atomic E-state index is 0.0895. The van der Waals surface area contributed by atoms with Gasteiger partial charge in [-0.3, -0.25) is 9.59 Å². The first-order chi connectivity index (χ1) is 33.1. The van der Waals surface area contributed by atoms with E-state index >= 15 is 4.79 Å². The number of carbonyl (C=O) groups is 2. The number of ether oxygens (including phenoxy) is 7. The summed E-state index contributed by atoms with van der Waals surface area (Å²) in [5.41, 5.74) is -4.02. The Hall–Kier alpha value is -2.00. The highest BCUT2D eigenvalue weighted by molar-refractivity contribution is 5.80. The molecule has 3 aliphatic heterocycles. The third-order valence-corrected chi connectivity index (χ3v) is 19.4. The van der Waals surface area contributed by atoms with Gasteiger partial charge in [-0.15, -0.1) is 0 Å². The molecule has 71 heavy (non-hydrogen) atoms. The summed E-state index contributed by atoms with van der Waals surface area (Å²) in [6.07, 6.45) is -21.8. The van der Waals surface area contributed by atoms with Crippen LogP contribution in [0.2, 0.25) is 0 Å². The van der Waals surface area contributed by atoms with Gasteiger partial charge in [0, 0.05) is 5.41 Å². The first-order valence-corrected chi connectivity index (χ1v) is 25.5. The molecule has 4 saturated carbocycles. The van der Waals surface area contributed by atoms with Crippen molar-refractivity contribution >= 4 is 11.9 Å². The van der Waals surface area contributed by atoms with Gasteiger partial charge >= 0.3 is 11.9 Å². The molecular formula is C50H80O21. The van der Waals surface area contributed by atoms with Crippen LogP contribution in [0.15, 0.2) is 11.6 Å². The molecule has 0 amide bonds. The summed E-state index contributed by atoms with van der Waals surface area (Å²) in [6, 6.07) is 0. The molecule has 0 aromatic rings. The Labute approximate surface area is 414 Å². The van der Waals surface area contributed by atoms with Crippen LogP contribution in [-0.2, 0) is 42.7 Å². The zero-order valence-corrected chi connectivity index (χ0v) is 41.9. The van der Waals surface area contributed by atoms with Crippen LogP contribution in [0.3, 0.4) is 0 Å². The summed E-state index contributed by atoms with van der Waals surface area (Å²) in [5.74, 6) is -2.65. The molecular weight excluding hydrogens is 937 g/mol. The van der Waals surface area contributed by atoms with E-state index in [0.717, 1.165) is 5.57 Å². The van der Waals surface area contributed by atoms with E-state index in [9.17, 15) is 66.1 Å². The molecule has 0 spiro atoms. The van der Waals surface area contributed by atoms with Crippen molar-refractivity contribution in [2.45, 2.75) is 211 Å². The van der Waals surface area contributed by atoms with Crippen molar-refractivity contribution in [2.75, 3.05) is 26.4 Å². The van der Waals surface area contributed by atoms with Gasteiger partial charge in [-0.2, -0.15) is 0 Å². The Morgan fingerprint density at radius 2 is 1.41 bits per heavy atom. The number of carbonyl (C=O) groups excluding carboxylic acids is 2. The largest absolute Gasteiger partial charge is 0.457 e. The maximum atomic E-state index is 15.6. The lowest BCUT2D eigenvalue weighted by Crippen LogP contribution is -2.70. The Balaban J connectivity index is 1.21. The molecule has 25 atom stereocenters. The predicted molar refractivity (Wildman–Crippen MR) is 243 cm³/mol. The van der Waals surface area contributed by atoms with E-state index in [1.165, 1.54) is 6.92 Å². The van der Waals surface area contributed by atoms with Crippen LogP contribution in [0, 0.1) is 50.2 Å². The van der Waals surface area contributed by atoms with E-state index in [2.05, 4.69) is 40.7 Å². The Bertz CT molecular complexity index is 1970. The lowest BCUT2D eigenvalue weighted by atomic mass is 9.33. The highest BCUT2D eigenvalue weighted by atomic mass is 16.8. The van der Waals surface area contributed by atoms with Gasteiger partial charge in [-0.05, 0) is 97.7 Å². The molecule has 12 N–H and O–H groups in total. The topological polar surface area (TPSA) is 342 Å². The molecule has 0 aromatic heterocycles. The van der Waals surface area contributed by atoms with Crippen molar-refractivity contribution in [2.24, 2.45) is 50.2 Å². The smallest absolute Gasteiger partial charge is 0.317 e. The van der Waals surface area contributed by atoms with E-state index in [1.807, 2.05) is 6.92 Å². The number of aliphatic hydroxyl groups excluding tert-OH is 12. The number of rotatable bonds is 11. The summed E-state index contributed by atoms with van der Waals surface area (Å²) in [4.78, 5) is 28.0. The molecule has 8 rings (SSSR count). The molecule has 25 unspecified atom stereocenters. The zero-order valence-electron chi connectivity index (χ0n) is 41.9. The summed E-state index contributed by atoms with van der Waals surface area (Å²) in [6.45, 7) is 11.8. The van der Waals surface area contributed by atoms with E-state index in [4.69, 9.17) is 33.2 Å². The highest BCUT2D eigenvalue weighted by Gasteiger charge is 2.73. The molecule has 0 radical (unpaired) electrons. The molecule has 7 fully saturated rings. The van der Waals surface area contributed by atoms with Gasteiger partial charge in [-0.1, -0.05) is 53.2 Å². The normalized spacial score (nSPS) is 52.1. The summed E-state index contributed by atoms with van der Waals surface area (Å²) < 4.78 is 42.3. The van der Waals surface area contributed by atoms with Crippen LogP contribution in [0.5, 0.6) is 0 Å². The average molecular weight is 1020 g/mol. The molecule has 0 aromatic carbocycles. The van der Waals surface area contributed by atoms with E-state index in [-0.39, 0.29) is 43.1 Å². The highest BCUT2D eigenvalue weighted by Crippen LogP contribution is 2.76. The standard InChI is InChI=1S/C50H80O21/c1-22(53)14-32(56)67-28-20-66-41(38(62)35(28)59)70-39-36(60)34(58)27(18-51)68-43(39)69-31-17-49(7)23(8-9-30-46(4)16-25(54)40(63)47(5,21-52)29(46)10-11-48(30,49)6)24-15-45(2,3)12-13-50(24,31)44(64)71-42-37(61)33(57)26(55)19-65-42/h8,22,24-31,33-43,51-55,57-63H,9-21H2,1-7H3. The maximum Gasteiger partial charge on any atom is 0.317 e. The van der Waals surface area contributed by atoms with Gasteiger partial charge in [0.15, 0.2) is 18.7 Å². The molecule has 21 heteroatoms. The fourth-order valence-corrected chi connectivity index (χ4v) is 15.2.